The summed E-state index contributed by atoms with van der Waals surface area (Å²) in [4.78, 5) is 8.99. The van der Waals surface area contributed by atoms with Crippen molar-refractivity contribution < 1.29 is 0 Å². The number of hydrogen-bond acceptors (Lipinski definition) is 2. The number of hydrogen-bond donors (Lipinski definition) is 0. The number of fused-ring (bicyclic) bond motifs is 1. The van der Waals surface area contributed by atoms with E-state index >= 15 is 0 Å². The second kappa shape index (κ2) is 3.40. The Morgan fingerprint density at radius 2 is 2.21 bits per heavy atom. The minimum Gasteiger partial charge on any atom is -0.331 e. The fourth-order valence-electron chi connectivity index (χ4n) is 1.50. The van der Waals surface area contributed by atoms with Gasteiger partial charge >= 0.3 is 0 Å². The van der Waals surface area contributed by atoms with E-state index in [1.807, 2.05) is 18.5 Å². The fourth-order valence-corrected chi connectivity index (χ4v) is 1.50. The van der Waals surface area contributed by atoms with Crippen LogP contribution in [0.5, 0.6) is 0 Å². The number of aromatic nitrogens is 3. The molecule has 2 rings (SSSR count). The predicted molar refractivity (Wildman–Crippen MR) is 57.3 cm³/mol. The predicted octanol–water partition coefficient (Wildman–Crippen LogP) is 2.57. The highest BCUT2D eigenvalue weighted by molar-refractivity contribution is 5.71. The van der Waals surface area contributed by atoms with Crippen molar-refractivity contribution in [2.24, 2.45) is 0 Å². The first-order valence-corrected chi connectivity index (χ1v) is 5.04. The summed E-state index contributed by atoms with van der Waals surface area (Å²) in [5, 5.41) is 0. The SMILES string of the molecule is CCn1ccc2ncc(C(C)C)nc21. The Morgan fingerprint density at radius 3 is 2.86 bits per heavy atom. The summed E-state index contributed by atoms with van der Waals surface area (Å²) in [7, 11) is 0. The van der Waals surface area contributed by atoms with Gasteiger partial charge in [-0.15, -0.1) is 0 Å². The maximum atomic E-state index is 4.61. The lowest BCUT2D eigenvalue weighted by Crippen LogP contribution is -1.99. The van der Waals surface area contributed by atoms with Gasteiger partial charge in [-0.2, -0.15) is 0 Å². The molecule has 0 N–H and O–H groups in total. The van der Waals surface area contributed by atoms with Gasteiger partial charge in [-0.05, 0) is 18.9 Å². The third-order valence-corrected chi connectivity index (χ3v) is 2.42. The average molecular weight is 189 g/mol. The van der Waals surface area contributed by atoms with Crippen molar-refractivity contribution in [3.05, 3.63) is 24.2 Å². The molecule has 74 valence electrons. The minimum absolute atomic E-state index is 0.437. The molecule has 0 aliphatic carbocycles. The van der Waals surface area contributed by atoms with Crippen LogP contribution in [0, 0.1) is 0 Å². The van der Waals surface area contributed by atoms with E-state index in [0.29, 0.717) is 5.92 Å². The summed E-state index contributed by atoms with van der Waals surface area (Å²) < 4.78 is 2.12. The zero-order chi connectivity index (χ0) is 10.1. The van der Waals surface area contributed by atoms with E-state index in [9.17, 15) is 0 Å². The zero-order valence-corrected chi connectivity index (χ0v) is 8.86. The molecule has 2 aromatic heterocycles. The molecule has 0 saturated carbocycles. The van der Waals surface area contributed by atoms with Crippen molar-refractivity contribution in [2.45, 2.75) is 33.2 Å². The van der Waals surface area contributed by atoms with Gasteiger partial charge in [0, 0.05) is 18.9 Å². The van der Waals surface area contributed by atoms with Gasteiger partial charge in [-0.25, -0.2) is 4.98 Å². The fraction of sp³-hybridized carbons (Fsp3) is 0.455. The number of nitrogens with zero attached hydrogens (tertiary/aromatic N) is 3. The van der Waals surface area contributed by atoms with E-state index in [1.54, 1.807) is 0 Å². The first-order chi connectivity index (χ1) is 6.72. The molecule has 3 nitrogen and oxygen atoms in total. The van der Waals surface area contributed by atoms with Crippen molar-refractivity contribution >= 4 is 11.2 Å². The normalized spacial score (nSPS) is 11.4. The first-order valence-electron chi connectivity index (χ1n) is 5.04. The van der Waals surface area contributed by atoms with E-state index in [2.05, 4.69) is 35.3 Å². The largest absolute Gasteiger partial charge is 0.331 e. The molecule has 0 atom stereocenters. The van der Waals surface area contributed by atoms with Gasteiger partial charge in [0.25, 0.3) is 0 Å². The van der Waals surface area contributed by atoms with E-state index in [4.69, 9.17) is 0 Å². The van der Waals surface area contributed by atoms with Crippen LogP contribution in [0.3, 0.4) is 0 Å². The van der Waals surface area contributed by atoms with Crippen molar-refractivity contribution in [1.82, 2.24) is 14.5 Å². The Morgan fingerprint density at radius 1 is 1.43 bits per heavy atom. The Bertz CT molecular complexity index is 443. The summed E-state index contributed by atoms with van der Waals surface area (Å²) in [6.45, 7) is 7.33. The van der Waals surface area contributed by atoms with Crippen LogP contribution in [0.1, 0.15) is 32.4 Å². The second-order valence-corrected chi connectivity index (χ2v) is 3.76. The van der Waals surface area contributed by atoms with Crippen molar-refractivity contribution in [1.29, 1.82) is 0 Å². The Hall–Kier alpha value is -1.38. The molecule has 0 radical (unpaired) electrons. The smallest absolute Gasteiger partial charge is 0.158 e. The van der Waals surface area contributed by atoms with Gasteiger partial charge in [-0.1, -0.05) is 13.8 Å². The van der Waals surface area contributed by atoms with Crippen LogP contribution in [0.25, 0.3) is 11.2 Å². The topological polar surface area (TPSA) is 30.7 Å². The van der Waals surface area contributed by atoms with Gasteiger partial charge in [0.05, 0.1) is 5.69 Å². The van der Waals surface area contributed by atoms with Crippen LogP contribution in [-0.4, -0.2) is 14.5 Å². The molecule has 2 heterocycles. The molecule has 0 bridgehead atoms. The number of rotatable bonds is 2. The van der Waals surface area contributed by atoms with Crippen molar-refractivity contribution in [3.63, 3.8) is 0 Å². The average Bonchev–Trinajstić information content (AvgIpc) is 2.59. The van der Waals surface area contributed by atoms with Gasteiger partial charge in [0.15, 0.2) is 5.65 Å². The highest BCUT2D eigenvalue weighted by Crippen LogP contribution is 2.15. The van der Waals surface area contributed by atoms with E-state index < -0.39 is 0 Å². The summed E-state index contributed by atoms with van der Waals surface area (Å²) in [6.07, 6.45) is 3.90. The minimum atomic E-state index is 0.437. The third-order valence-electron chi connectivity index (χ3n) is 2.42. The molecule has 0 spiro atoms. The first kappa shape index (κ1) is 9.19. The maximum absolute atomic E-state index is 4.61. The van der Waals surface area contributed by atoms with E-state index in [1.165, 1.54) is 0 Å². The van der Waals surface area contributed by atoms with Gasteiger partial charge in [0.1, 0.15) is 5.52 Å². The highest BCUT2D eigenvalue weighted by Gasteiger charge is 2.06. The summed E-state index contributed by atoms with van der Waals surface area (Å²) in [6, 6.07) is 2.01. The highest BCUT2D eigenvalue weighted by atomic mass is 15.0. The van der Waals surface area contributed by atoms with Gasteiger partial charge in [-0.3, -0.25) is 4.98 Å². The van der Waals surface area contributed by atoms with Crippen LogP contribution < -0.4 is 0 Å². The second-order valence-electron chi connectivity index (χ2n) is 3.76. The molecule has 0 saturated heterocycles. The Kier molecular flexibility index (Phi) is 2.23. The molecular formula is C11H15N3. The van der Waals surface area contributed by atoms with Crippen LogP contribution >= 0.6 is 0 Å². The van der Waals surface area contributed by atoms with Crippen molar-refractivity contribution in [2.75, 3.05) is 0 Å². The lowest BCUT2D eigenvalue weighted by molar-refractivity contribution is 0.768. The molecule has 0 amide bonds. The molecule has 14 heavy (non-hydrogen) atoms. The van der Waals surface area contributed by atoms with Gasteiger partial charge in [0.2, 0.25) is 0 Å². The molecule has 0 aliphatic rings. The van der Waals surface area contributed by atoms with Crippen molar-refractivity contribution in [3.8, 4) is 0 Å². The quantitative estimate of drug-likeness (QED) is 0.727. The summed E-state index contributed by atoms with van der Waals surface area (Å²) >= 11 is 0. The Balaban J connectivity index is 2.61. The zero-order valence-electron chi connectivity index (χ0n) is 8.86. The molecular weight excluding hydrogens is 174 g/mol. The molecule has 2 aromatic rings. The lowest BCUT2D eigenvalue weighted by atomic mass is 10.1. The molecule has 0 fully saturated rings. The van der Waals surface area contributed by atoms with Crippen LogP contribution in [-0.2, 0) is 6.54 Å². The van der Waals surface area contributed by atoms with Gasteiger partial charge < -0.3 is 4.57 Å². The van der Waals surface area contributed by atoms with Crippen LogP contribution in [0.2, 0.25) is 0 Å². The Labute approximate surface area is 83.8 Å². The maximum Gasteiger partial charge on any atom is 0.158 e. The number of aryl methyl sites for hydroxylation is 1. The molecule has 0 unspecified atom stereocenters. The molecule has 3 heteroatoms. The van der Waals surface area contributed by atoms with Crippen LogP contribution in [0.15, 0.2) is 18.5 Å². The summed E-state index contributed by atoms with van der Waals surface area (Å²) in [5.74, 6) is 0.437. The standard InChI is InChI=1S/C11H15N3/c1-4-14-6-5-9-11(14)13-10(7-12-9)8(2)3/h5-8H,4H2,1-3H3. The summed E-state index contributed by atoms with van der Waals surface area (Å²) in [5.41, 5.74) is 3.04. The molecule has 0 aliphatic heterocycles. The lowest BCUT2D eigenvalue weighted by Gasteiger charge is -2.05. The third kappa shape index (κ3) is 1.39. The van der Waals surface area contributed by atoms with Crippen LogP contribution in [0.4, 0.5) is 0 Å². The van der Waals surface area contributed by atoms with E-state index in [-0.39, 0.29) is 0 Å². The monoisotopic (exact) mass is 189 g/mol. The molecule has 0 aromatic carbocycles. The van der Waals surface area contributed by atoms with E-state index in [0.717, 1.165) is 23.4 Å².